The second kappa shape index (κ2) is 7.53. The second-order valence-corrected chi connectivity index (χ2v) is 8.60. The van der Waals surface area contributed by atoms with Gasteiger partial charge in [-0.2, -0.15) is 0 Å². The Morgan fingerprint density at radius 1 is 1.31 bits per heavy atom. The molecule has 3 rings (SSSR count). The van der Waals surface area contributed by atoms with E-state index in [0.29, 0.717) is 6.04 Å². The maximum absolute atomic E-state index is 11.9. The Morgan fingerprint density at radius 2 is 2.04 bits per heavy atom. The Hall–Kier alpha value is -1.66. The van der Waals surface area contributed by atoms with Gasteiger partial charge in [-0.1, -0.05) is 6.07 Å². The van der Waals surface area contributed by atoms with E-state index >= 15 is 0 Å². The van der Waals surface area contributed by atoms with Crippen LogP contribution in [0.1, 0.15) is 58.6 Å². The molecule has 1 aliphatic heterocycles. The summed E-state index contributed by atoms with van der Waals surface area (Å²) in [7, 11) is 0. The van der Waals surface area contributed by atoms with Crippen LogP contribution in [0.5, 0.6) is 0 Å². The lowest BCUT2D eigenvalue weighted by Gasteiger charge is -2.39. The summed E-state index contributed by atoms with van der Waals surface area (Å²) in [5, 5.41) is 13.9. The maximum Gasteiger partial charge on any atom is 0.407 e. The first kappa shape index (κ1) is 19.1. The van der Waals surface area contributed by atoms with Crippen LogP contribution in [0.3, 0.4) is 0 Å². The van der Waals surface area contributed by atoms with Crippen LogP contribution in [0.25, 0.3) is 0 Å². The molecule has 1 saturated carbocycles. The quantitative estimate of drug-likeness (QED) is 0.866. The first-order chi connectivity index (χ1) is 12.3. The van der Waals surface area contributed by atoms with Gasteiger partial charge in [-0.25, -0.2) is 4.79 Å². The zero-order valence-electron chi connectivity index (χ0n) is 16.1. The summed E-state index contributed by atoms with van der Waals surface area (Å²) < 4.78 is 5.35. The minimum absolute atomic E-state index is 0.140. The molecule has 6 heteroatoms. The van der Waals surface area contributed by atoms with Crippen LogP contribution in [0, 0.1) is 0 Å². The highest BCUT2D eigenvalue weighted by Gasteiger charge is 2.39. The van der Waals surface area contributed by atoms with E-state index < -0.39 is 11.2 Å². The fourth-order valence-electron chi connectivity index (χ4n) is 4.05. The summed E-state index contributed by atoms with van der Waals surface area (Å²) in [6, 6.07) is 6.32. The molecule has 1 amide bonds. The molecule has 144 valence electrons. The minimum atomic E-state index is -0.800. The number of pyridine rings is 1. The number of carbonyl (C=O) groups is 1. The Kier molecular flexibility index (Phi) is 5.53. The minimum Gasteiger partial charge on any atom is -0.444 e. The molecule has 0 radical (unpaired) electrons. The van der Waals surface area contributed by atoms with Crippen molar-refractivity contribution in [1.29, 1.82) is 0 Å². The molecule has 1 aliphatic carbocycles. The molecular formula is C20H31N3O3. The molecular weight excluding hydrogens is 330 g/mol. The topological polar surface area (TPSA) is 74.7 Å². The van der Waals surface area contributed by atoms with Crippen LogP contribution in [0.2, 0.25) is 0 Å². The van der Waals surface area contributed by atoms with Crippen LogP contribution < -0.4 is 5.32 Å². The number of aromatic nitrogens is 1. The lowest BCUT2D eigenvalue weighted by atomic mass is 9.79. The average Bonchev–Trinajstić information content (AvgIpc) is 3.03. The fourth-order valence-corrected chi connectivity index (χ4v) is 4.05. The molecule has 26 heavy (non-hydrogen) atoms. The summed E-state index contributed by atoms with van der Waals surface area (Å²) in [5.74, 6) is 0. The van der Waals surface area contributed by atoms with E-state index in [4.69, 9.17) is 4.74 Å². The number of likely N-dealkylation sites (tertiary alicyclic amines) is 1. The third-order valence-corrected chi connectivity index (χ3v) is 5.38. The molecule has 0 bridgehead atoms. The van der Waals surface area contributed by atoms with Gasteiger partial charge < -0.3 is 15.2 Å². The van der Waals surface area contributed by atoms with Crippen LogP contribution in [0.15, 0.2) is 24.4 Å². The number of alkyl carbamates (subject to hydrolysis) is 1. The van der Waals surface area contributed by atoms with Gasteiger partial charge in [-0.05, 0) is 65.0 Å². The van der Waals surface area contributed by atoms with E-state index in [9.17, 15) is 9.90 Å². The van der Waals surface area contributed by atoms with E-state index in [1.165, 1.54) is 0 Å². The van der Waals surface area contributed by atoms with E-state index in [-0.39, 0.29) is 12.1 Å². The normalized spacial score (nSPS) is 30.2. The van der Waals surface area contributed by atoms with Gasteiger partial charge in [0.1, 0.15) is 11.2 Å². The van der Waals surface area contributed by atoms with E-state index in [0.717, 1.165) is 50.9 Å². The Labute approximate surface area is 155 Å². The largest absolute Gasteiger partial charge is 0.444 e. The number of nitrogens with one attached hydrogen (secondary N) is 1. The maximum atomic E-state index is 11.9. The number of ether oxygens (including phenoxy) is 1. The van der Waals surface area contributed by atoms with Gasteiger partial charge in [0.25, 0.3) is 0 Å². The van der Waals surface area contributed by atoms with Gasteiger partial charge in [0.15, 0.2) is 0 Å². The Bertz CT molecular complexity index is 606. The van der Waals surface area contributed by atoms with Crippen LogP contribution in [-0.2, 0) is 10.3 Å². The van der Waals surface area contributed by atoms with Crippen molar-refractivity contribution in [1.82, 2.24) is 15.2 Å². The van der Waals surface area contributed by atoms with Gasteiger partial charge in [0, 0.05) is 31.4 Å². The molecule has 2 N–H and O–H groups in total. The Balaban J connectivity index is 1.48. The first-order valence-corrected chi connectivity index (χ1v) is 9.63. The molecule has 2 aliphatic rings. The van der Waals surface area contributed by atoms with Crippen LogP contribution >= 0.6 is 0 Å². The Morgan fingerprint density at radius 3 is 2.65 bits per heavy atom. The van der Waals surface area contributed by atoms with Gasteiger partial charge in [-0.3, -0.25) is 9.88 Å². The summed E-state index contributed by atoms with van der Waals surface area (Å²) in [6.45, 7) is 7.45. The summed E-state index contributed by atoms with van der Waals surface area (Å²) >= 11 is 0. The lowest BCUT2D eigenvalue weighted by Crippen LogP contribution is -2.44. The van der Waals surface area contributed by atoms with Gasteiger partial charge in [-0.15, -0.1) is 0 Å². The number of amides is 1. The van der Waals surface area contributed by atoms with Crippen molar-refractivity contribution in [3.63, 3.8) is 0 Å². The number of nitrogens with zero attached hydrogens (tertiary/aromatic N) is 2. The predicted molar refractivity (Wildman–Crippen MR) is 99.7 cm³/mol. The van der Waals surface area contributed by atoms with Gasteiger partial charge >= 0.3 is 6.09 Å². The van der Waals surface area contributed by atoms with Crippen molar-refractivity contribution in [2.45, 2.75) is 76.2 Å². The molecule has 6 nitrogen and oxygen atoms in total. The summed E-state index contributed by atoms with van der Waals surface area (Å²) in [4.78, 5) is 18.7. The zero-order valence-corrected chi connectivity index (χ0v) is 16.1. The zero-order chi connectivity index (χ0) is 18.8. The molecule has 0 spiro atoms. The SMILES string of the molecule is CC(C)(C)OC(=O)N[C@@H]1CCN(C2CCC(O)(c3ccccn3)CC2)C1. The number of rotatable bonds is 3. The molecule has 0 unspecified atom stereocenters. The van der Waals surface area contributed by atoms with Crippen molar-refractivity contribution in [3.8, 4) is 0 Å². The summed E-state index contributed by atoms with van der Waals surface area (Å²) in [5.41, 5.74) is -0.489. The number of carbonyl (C=O) groups excluding carboxylic acids is 1. The average molecular weight is 361 g/mol. The van der Waals surface area contributed by atoms with Crippen molar-refractivity contribution in [2.75, 3.05) is 13.1 Å². The second-order valence-electron chi connectivity index (χ2n) is 8.60. The third-order valence-electron chi connectivity index (χ3n) is 5.38. The van der Waals surface area contributed by atoms with Gasteiger partial charge in [0.05, 0.1) is 5.69 Å². The molecule has 0 aromatic carbocycles. The van der Waals surface area contributed by atoms with Crippen molar-refractivity contribution < 1.29 is 14.6 Å². The predicted octanol–water partition coefficient (Wildman–Crippen LogP) is 2.81. The van der Waals surface area contributed by atoms with Crippen molar-refractivity contribution in [3.05, 3.63) is 30.1 Å². The highest BCUT2D eigenvalue weighted by atomic mass is 16.6. The molecule has 1 atom stereocenters. The first-order valence-electron chi connectivity index (χ1n) is 9.63. The fraction of sp³-hybridized carbons (Fsp3) is 0.700. The highest BCUT2D eigenvalue weighted by molar-refractivity contribution is 5.68. The van der Waals surface area contributed by atoms with Crippen molar-refractivity contribution >= 4 is 6.09 Å². The molecule has 1 aromatic heterocycles. The van der Waals surface area contributed by atoms with Crippen LogP contribution in [-0.4, -0.2) is 51.9 Å². The van der Waals surface area contributed by atoms with Crippen molar-refractivity contribution in [2.24, 2.45) is 0 Å². The highest BCUT2D eigenvalue weighted by Crippen LogP contribution is 2.38. The number of hydrogen-bond donors (Lipinski definition) is 2. The van der Waals surface area contributed by atoms with E-state index in [1.54, 1.807) is 6.20 Å². The molecule has 1 aromatic rings. The monoisotopic (exact) mass is 361 g/mol. The number of aliphatic hydroxyl groups is 1. The summed E-state index contributed by atoms with van der Waals surface area (Å²) in [6.07, 6.45) is 5.72. The van der Waals surface area contributed by atoms with E-state index in [2.05, 4.69) is 15.2 Å². The third kappa shape index (κ3) is 4.74. The molecule has 1 saturated heterocycles. The number of hydrogen-bond acceptors (Lipinski definition) is 5. The lowest BCUT2D eigenvalue weighted by molar-refractivity contribution is -0.0257. The molecule has 2 heterocycles. The smallest absolute Gasteiger partial charge is 0.407 e. The van der Waals surface area contributed by atoms with Gasteiger partial charge in [0.2, 0.25) is 0 Å². The van der Waals surface area contributed by atoms with E-state index in [1.807, 2.05) is 39.0 Å². The standard InChI is InChI=1S/C20H31N3O3/c1-19(2,3)26-18(24)22-15-9-13-23(14-15)16-7-10-20(25,11-8-16)17-6-4-5-12-21-17/h4-6,12,15-16,25H,7-11,13-14H2,1-3H3,(H,22,24)/t15-,16?,20?/m1/s1. The van der Waals surface area contributed by atoms with Crippen LogP contribution in [0.4, 0.5) is 4.79 Å². The molecule has 2 fully saturated rings.